The van der Waals surface area contributed by atoms with Crippen molar-refractivity contribution in [1.82, 2.24) is 0 Å². The van der Waals surface area contributed by atoms with E-state index in [1.54, 1.807) is 0 Å². The predicted molar refractivity (Wildman–Crippen MR) is 283 cm³/mol. The second kappa shape index (κ2) is 13.8. The highest BCUT2D eigenvalue weighted by Gasteiger charge is 2.58. The second-order valence-electron chi connectivity index (χ2n) is 23.5. The molecule has 5 aliphatic rings. The molecular weight excluding hydrogens is 798 g/mol. The number of anilines is 8. The van der Waals surface area contributed by atoms with Crippen LogP contribution in [-0.2, 0) is 21.7 Å². The van der Waals surface area contributed by atoms with Gasteiger partial charge in [-0.3, -0.25) is 0 Å². The second-order valence-corrected chi connectivity index (χ2v) is 23.5. The maximum absolute atomic E-state index is 2.75. The lowest BCUT2D eigenvalue weighted by molar-refractivity contribution is 0.195. The van der Waals surface area contributed by atoms with Gasteiger partial charge in [-0.25, -0.2) is 0 Å². The van der Waals surface area contributed by atoms with Crippen LogP contribution in [-0.4, -0.2) is 12.3 Å². The number of benzene rings is 7. The zero-order valence-electron chi connectivity index (χ0n) is 41.0. The highest BCUT2D eigenvalue weighted by atomic mass is 15.3. The van der Waals surface area contributed by atoms with Crippen molar-refractivity contribution in [3.8, 4) is 11.1 Å². The summed E-state index contributed by atoms with van der Waals surface area (Å²) in [6.45, 7) is 26.2. The lowest BCUT2D eigenvalue weighted by Crippen LogP contribution is -2.61. The summed E-state index contributed by atoms with van der Waals surface area (Å²) in [6.07, 6.45) is 4.92. The summed E-state index contributed by atoms with van der Waals surface area (Å²) in [4.78, 5) is 7.97. The number of hydrogen-bond donors (Lipinski definition) is 0. The van der Waals surface area contributed by atoms with E-state index in [4.69, 9.17) is 0 Å². The van der Waals surface area contributed by atoms with Crippen molar-refractivity contribution >= 4 is 68.6 Å². The van der Waals surface area contributed by atoms with Crippen molar-refractivity contribution in [2.24, 2.45) is 0 Å². The van der Waals surface area contributed by atoms with E-state index in [0.717, 1.165) is 0 Å². The van der Waals surface area contributed by atoms with Crippen LogP contribution in [0.1, 0.15) is 128 Å². The Morgan fingerprint density at radius 1 is 0.470 bits per heavy atom. The molecular formula is C62H64BN3. The molecule has 7 aromatic rings. The Hall–Kier alpha value is -6.00. The van der Waals surface area contributed by atoms with E-state index < -0.39 is 0 Å². The monoisotopic (exact) mass is 862 g/mol. The molecule has 7 aromatic carbocycles. The van der Waals surface area contributed by atoms with Crippen LogP contribution in [0.2, 0.25) is 0 Å². The number of rotatable bonds is 3. The van der Waals surface area contributed by atoms with E-state index in [0.29, 0.717) is 0 Å². The summed E-state index contributed by atoms with van der Waals surface area (Å²) in [5.41, 5.74) is 25.2. The first-order valence-electron chi connectivity index (χ1n) is 24.7. The summed E-state index contributed by atoms with van der Waals surface area (Å²) in [5.74, 6) is 0. The first-order valence-corrected chi connectivity index (χ1v) is 24.7. The van der Waals surface area contributed by atoms with Gasteiger partial charge in [0.05, 0.1) is 5.54 Å². The Bertz CT molecular complexity index is 3160. The molecule has 4 heteroatoms. The van der Waals surface area contributed by atoms with Gasteiger partial charge in [-0.2, -0.15) is 0 Å². The zero-order chi connectivity index (χ0) is 45.9. The fraction of sp³-hybridized carbons (Fsp3) is 0.323. The Balaban J connectivity index is 1.13. The van der Waals surface area contributed by atoms with E-state index >= 15 is 0 Å². The van der Waals surface area contributed by atoms with Crippen LogP contribution in [0.15, 0.2) is 140 Å². The van der Waals surface area contributed by atoms with Gasteiger partial charge in [-0.15, -0.1) is 0 Å². The Morgan fingerprint density at radius 2 is 1.08 bits per heavy atom. The van der Waals surface area contributed by atoms with Gasteiger partial charge in [-0.1, -0.05) is 154 Å². The van der Waals surface area contributed by atoms with Gasteiger partial charge in [0.2, 0.25) is 0 Å². The normalized spacial score (nSPS) is 20.8. The molecule has 330 valence electrons. The van der Waals surface area contributed by atoms with E-state index in [1.807, 2.05) is 0 Å². The Labute approximate surface area is 394 Å². The van der Waals surface area contributed by atoms with Crippen LogP contribution in [0.3, 0.4) is 0 Å². The molecule has 2 aliphatic carbocycles. The third kappa shape index (κ3) is 5.63. The summed E-state index contributed by atoms with van der Waals surface area (Å²) in [6, 6.07) is 55.0. The van der Waals surface area contributed by atoms with Crippen molar-refractivity contribution in [3.63, 3.8) is 0 Å². The highest BCUT2D eigenvalue weighted by molar-refractivity contribution is 7.00. The van der Waals surface area contributed by atoms with Crippen LogP contribution in [0.25, 0.3) is 11.1 Å². The molecule has 2 atom stereocenters. The zero-order valence-corrected chi connectivity index (χ0v) is 41.0. The van der Waals surface area contributed by atoms with Crippen molar-refractivity contribution in [2.45, 2.75) is 129 Å². The van der Waals surface area contributed by atoms with Gasteiger partial charge in [-0.05, 0) is 159 Å². The van der Waals surface area contributed by atoms with Crippen LogP contribution >= 0.6 is 0 Å². The molecule has 66 heavy (non-hydrogen) atoms. The van der Waals surface area contributed by atoms with E-state index in [1.165, 1.54) is 132 Å². The lowest BCUT2D eigenvalue weighted by Gasteiger charge is -2.50. The van der Waals surface area contributed by atoms with E-state index in [2.05, 4.69) is 230 Å². The van der Waals surface area contributed by atoms with Crippen molar-refractivity contribution < 1.29 is 0 Å². The van der Waals surface area contributed by atoms with E-state index in [-0.39, 0.29) is 33.9 Å². The molecule has 0 saturated heterocycles. The fourth-order valence-corrected chi connectivity index (χ4v) is 13.3. The minimum absolute atomic E-state index is 0.0213. The predicted octanol–water partition coefficient (Wildman–Crippen LogP) is 14.7. The third-order valence-corrected chi connectivity index (χ3v) is 17.1. The number of nitrogens with zero attached hydrogens (tertiary/aromatic N) is 3. The Morgan fingerprint density at radius 3 is 1.80 bits per heavy atom. The molecule has 1 fully saturated rings. The van der Waals surface area contributed by atoms with Crippen molar-refractivity contribution in [2.75, 3.05) is 14.7 Å². The van der Waals surface area contributed by atoms with Crippen molar-refractivity contribution in [3.05, 3.63) is 173 Å². The van der Waals surface area contributed by atoms with Gasteiger partial charge in [0.15, 0.2) is 0 Å². The average molecular weight is 862 g/mol. The lowest BCUT2D eigenvalue weighted by atomic mass is 9.33. The third-order valence-electron chi connectivity index (χ3n) is 17.1. The molecule has 2 unspecified atom stereocenters. The first kappa shape index (κ1) is 41.4. The molecule has 0 N–H and O–H groups in total. The maximum atomic E-state index is 2.75. The molecule has 0 radical (unpaired) electrons. The molecule has 3 heterocycles. The highest BCUT2D eigenvalue weighted by Crippen LogP contribution is 2.61. The number of para-hydroxylation sites is 1. The summed E-state index contributed by atoms with van der Waals surface area (Å²) in [5, 5.41) is 0. The quantitative estimate of drug-likeness (QED) is 0.164. The van der Waals surface area contributed by atoms with Crippen molar-refractivity contribution in [1.29, 1.82) is 0 Å². The molecule has 12 rings (SSSR count). The van der Waals surface area contributed by atoms with Crippen LogP contribution in [0.5, 0.6) is 0 Å². The fourth-order valence-electron chi connectivity index (χ4n) is 13.3. The SMILES string of the molecule is Cc1cc2c3c(c1)N(c1ccc(C(C)(C)C)cc1)c1cc(N4c5ccccc5C5(C)CCCCC45C)ccc1B3c1cc(C(C)(C)C)ccc1N2c1ccc2c(c1)-c1ccccc1C2(C)C. The van der Waals surface area contributed by atoms with Crippen LogP contribution < -0.4 is 31.1 Å². The van der Waals surface area contributed by atoms with Gasteiger partial charge in [0.25, 0.3) is 6.71 Å². The van der Waals surface area contributed by atoms with Gasteiger partial charge in [0.1, 0.15) is 0 Å². The number of aryl methyl sites for hydroxylation is 1. The molecule has 0 aromatic heterocycles. The molecule has 0 spiro atoms. The average Bonchev–Trinajstić information content (AvgIpc) is 3.65. The molecule has 0 amide bonds. The maximum Gasteiger partial charge on any atom is 0.252 e. The topological polar surface area (TPSA) is 9.72 Å². The first-order chi connectivity index (χ1) is 31.4. The summed E-state index contributed by atoms with van der Waals surface area (Å²) >= 11 is 0. The molecule has 0 bridgehead atoms. The van der Waals surface area contributed by atoms with Gasteiger partial charge < -0.3 is 14.7 Å². The largest absolute Gasteiger partial charge is 0.334 e. The van der Waals surface area contributed by atoms with E-state index in [9.17, 15) is 0 Å². The Kier molecular flexibility index (Phi) is 8.65. The standard InChI is InChI=1S/C62H64BN3/c1-39-34-55-57-56(35-39)65(43-27-29-48-46(37-43)45-18-12-13-19-47(45)60(48,8)9)53-31-24-41(59(5,6)7)36-51(53)63(57)50-30-28-44(38-54(50)64(55)42-25-22-40(23-26-42)58(2,3)4)66-52-21-15-14-20-49(52)61(10)32-16-17-33-62(61,66)11/h12-15,18-31,34-38H,16-17,32-33H2,1-11H3. The number of fused-ring (bicyclic) bond motifs is 10. The number of hydrogen-bond acceptors (Lipinski definition) is 3. The minimum Gasteiger partial charge on any atom is -0.334 e. The summed E-state index contributed by atoms with van der Waals surface area (Å²) < 4.78 is 0. The molecule has 3 aliphatic heterocycles. The minimum atomic E-state index is -0.0603. The smallest absolute Gasteiger partial charge is 0.252 e. The van der Waals surface area contributed by atoms with Crippen LogP contribution in [0.4, 0.5) is 45.5 Å². The summed E-state index contributed by atoms with van der Waals surface area (Å²) in [7, 11) is 0. The van der Waals surface area contributed by atoms with Crippen LogP contribution in [0, 0.1) is 6.92 Å². The molecule has 1 saturated carbocycles. The van der Waals surface area contributed by atoms with Gasteiger partial charge >= 0.3 is 0 Å². The molecule has 3 nitrogen and oxygen atoms in total. The van der Waals surface area contributed by atoms with Gasteiger partial charge in [0, 0.05) is 56.3 Å².